The minimum absolute atomic E-state index is 0.0220. The summed E-state index contributed by atoms with van der Waals surface area (Å²) >= 11 is 5.65. The van der Waals surface area contributed by atoms with Crippen LogP contribution in [-0.2, 0) is 52.9 Å². The van der Waals surface area contributed by atoms with E-state index in [0.717, 1.165) is 129 Å². The van der Waals surface area contributed by atoms with Crippen LogP contribution in [0.1, 0.15) is 113 Å². The number of carbonyl (C=O) groups excluding carboxylic acids is 3. The number of carbonyl (C=O) groups is 3. The molecule has 2 aromatic heterocycles. The third-order valence-electron chi connectivity index (χ3n) is 14.3. The molecule has 3 amide bonds. The van der Waals surface area contributed by atoms with Gasteiger partial charge in [-0.25, -0.2) is 0 Å². The summed E-state index contributed by atoms with van der Waals surface area (Å²) in [5.41, 5.74) is 11.0. The van der Waals surface area contributed by atoms with Crippen molar-refractivity contribution in [3.05, 3.63) is 137 Å². The second-order valence-electron chi connectivity index (χ2n) is 20.6. The molecule has 19 nitrogen and oxygen atoms in total. The molecule has 0 spiro atoms. The zero-order chi connectivity index (χ0) is 58.2. The number of fused-ring (bicyclic) bond motifs is 3. The highest BCUT2D eigenvalue weighted by Crippen LogP contribution is 2.38. The van der Waals surface area contributed by atoms with Crippen LogP contribution in [0.5, 0.6) is 11.5 Å². The third-order valence-corrected chi connectivity index (χ3v) is 14.5. The fraction of sp³-hybridized carbons (Fsp3) is 0.435. The number of halogens is 1. The monoisotopic (exact) mass is 1140 g/mol. The smallest absolute Gasteiger partial charge is 0.228 e. The normalized spacial score (nSPS) is 12.8. The van der Waals surface area contributed by atoms with E-state index in [2.05, 4.69) is 115 Å². The second kappa shape index (κ2) is 32.2. The zero-order valence-electron chi connectivity index (χ0n) is 48.5. The number of hydrogen-bond acceptors (Lipinski definition) is 14. The molecule has 0 radical (unpaired) electrons. The van der Waals surface area contributed by atoms with Crippen molar-refractivity contribution in [2.45, 2.75) is 119 Å². The van der Waals surface area contributed by atoms with Gasteiger partial charge in [0.25, 0.3) is 0 Å². The summed E-state index contributed by atoms with van der Waals surface area (Å²) in [6.45, 7) is 23.1. The van der Waals surface area contributed by atoms with Crippen LogP contribution in [0.4, 0.5) is 17.1 Å². The third kappa shape index (κ3) is 17.5. The summed E-state index contributed by atoms with van der Waals surface area (Å²) in [6, 6.07) is 32.9. The van der Waals surface area contributed by atoms with Crippen LogP contribution in [0.3, 0.4) is 0 Å². The summed E-state index contributed by atoms with van der Waals surface area (Å²) in [5.74, 6) is 1.84. The van der Waals surface area contributed by atoms with E-state index >= 15 is 0 Å². The van der Waals surface area contributed by atoms with Gasteiger partial charge in [-0.3, -0.25) is 14.4 Å². The van der Waals surface area contributed by atoms with Crippen molar-refractivity contribution in [2.24, 2.45) is 0 Å². The molecule has 0 bridgehead atoms. The van der Waals surface area contributed by atoms with Crippen LogP contribution in [0.15, 0.2) is 103 Å². The van der Waals surface area contributed by atoms with Gasteiger partial charge >= 0.3 is 0 Å². The number of anilines is 3. The quantitative estimate of drug-likeness (QED) is 0.0392. The Kier molecular flexibility index (Phi) is 24.3. The van der Waals surface area contributed by atoms with E-state index in [1.165, 1.54) is 53.0 Å². The Morgan fingerprint density at radius 2 is 0.927 bits per heavy atom. The molecule has 82 heavy (non-hydrogen) atoms. The number of nitrogens with zero attached hydrogens (tertiary/aromatic N) is 11. The van der Waals surface area contributed by atoms with Crippen LogP contribution in [0.25, 0.3) is 22.8 Å². The number of amides is 3. The number of tetrazole rings is 2. The second-order valence-corrected chi connectivity index (χ2v) is 20.9. The van der Waals surface area contributed by atoms with Crippen molar-refractivity contribution in [1.82, 2.24) is 54.8 Å². The Morgan fingerprint density at radius 1 is 0.488 bits per heavy atom. The number of rotatable bonds is 25. The van der Waals surface area contributed by atoms with Crippen molar-refractivity contribution in [1.29, 1.82) is 0 Å². The molecule has 4 N–H and O–H groups in total. The molecule has 3 aliphatic heterocycles. The first-order chi connectivity index (χ1) is 40.0. The lowest BCUT2D eigenvalue weighted by atomic mass is 10.0. The molecule has 0 unspecified atom stereocenters. The van der Waals surface area contributed by atoms with Crippen molar-refractivity contribution >= 4 is 46.6 Å². The van der Waals surface area contributed by atoms with Gasteiger partial charge in [0.1, 0.15) is 5.75 Å². The standard InChI is InChI=1S/C23H28N6O2.C16H24N2O2.C16H24N2O.C7H5ClN4/c1-3-13-28(14-4-2)15-12-17-10-11-20(22-19(17)16-21(30)24-22)31-29-23(25-26-27-29)18-8-6-5-7-9-18;1-3-8-18(9-4-2)10-7-12-5-6-14(19)16-13(12)11-15(20)17-16;1-3-9-18(10-4-2)11-8-13-6-5-7-15-14(13)12-16(19)17-15;8-12-7(9-10-11-12)6-4-2-1-3-5-6/h5-11H,3-4,12-16H2,1-2H3,(H,24,30);5-6,19H,3-4,7-11H2,1-2H3,(H,17,20);5-7H,3-4,8-12H2,1-2H3,(H,17,19);1-5H. The van der Waals surface area contributed by atoms with Crippen LogP contribution in [0, 0.1) is 0 Å². The van der Waals surface area contributed by atoms with Gasteiger partial charge in [0, 0.05) is 48.2 Å². The molecule has 0 atom stereocenters. The molecule has 0 saturated carbocycles. The highest BCUT2D eigenvalue weighted by atomic mass is 35.5. The van der Waals surface area contributed by atoms with Gasteiger partial charge in [0.2, 0.25) is 23.5 Å². The molecule has 0 fully saturated rings. The predicted octanol–water partition coefficient (Wildman–Crippen LogP) is 10.1. The maximum atomic E-state index is 12.2. The zero-order valence-corrected chi connectivity index (χ0v) is 49.3. The predicted molar refractivity (Wildman–Crippen MR) is 324 cm³/mol. The summed E-state index contributed by atoms with van der Waals surface area (Å²) < 4.78 is 1.12. The first-order valence-electron chi connectivity index (χ1n) is 29.1. The van der Waals surface area contributed by atoms with E-state index in [1.807, 2.05) is 84.9 Å². The van der Waals surface area contributed by atoms with Crippen LogP contribution in [-0.4, -0.2) is 137 Å². The number of aromatic hydroxyl groups is 1. The molecule has 20 heteroatoms. The molecule has 7 aromatic rings. The van der Waals surface area contributed by atoms with Crippen LogP contribution in [0.2, 0.25) is 0 Å². The van der Waals surface area contributed by atoms with Gasteiger partial charge in [-0.15, -0.1) is 14.4 Å². The number of benzene rings is 5. The first kappa shape index (κ1) is 62.0. The Labute approximate surface area is 487 Å². The molecule has 10 rings (SSSR count). The van der Waals surface area contributed by atoms with Crippen molar-refractivity contribution < 1.29 is 24.3 Å². The van der Waals surface area contributed by atoms with Crippen LogP contribution >= 0.6 is 11.8 Å². The van der Waals surface area contributed by atoms with E-state index in [0.29, 0.717) is 42.3 Å². The number of nitrogens with one attached hydrogen (secondary N) is 3. The maximum absolute atomic E-state index is 12.2. The molecule has 3 aliphatic rings. The SMILES string of the molecule is CCCN(CCC)CCc1ccc(O)c2c1CC(=O)N2.CCCN(CCC)CCc1ccc(On2nnnc2-c2ccccc2)c2c1CC(=O)N2.CCCN(CCC)CCc1cccc2c1CC(=O)N2.Cln1nnnc1-c1ccccc1. The summed E-state index contributed by atoms with van der Waals surface area (Å²) in [4.78, 5) is 50.0. The summed E-state index contributed by atoms with van der Waals surface area (Å²) in [7, 11) is 0. The van der Waals surface area contributed by atoms with E-state index < -0.39 is 0 Å². The maximum Gasteiger partial charge on any atom is 0.228 e. The molecule has 5 aromatic carbocycles. The average Bonchev–Trinajstić information content (AvgIpc) is 4.45. The Balaban J connectivity index is 0.000000166. The largest absolute Gasteiger partial charge is 0.506 e. The first-order valence-corrected chi connectivity index (χ1v) is 29.5. The van der Waals surface area contributed by atoms with E-state index in [4.69, 9.17) is 16.6 Å². The molecule has 5 heterocycles. The molecule has 0 aliphatic carbocycles. The molecule has 436 valence electrons. The van der Waals surface area contributed by atoms with E-state index in [-0.39, 0.29) is 23.5 Å². The summed E-state index contributed by atoms with van der Waals surface area (Å²) in [5, 5.41) is 40.9. The van der Waals surface area contributed by atoms with Crippen LogP contribution < -0.4 is 20.8 Å². The topological polar surface area (TPSA) is 214 Å². The van der Waals surface area contributed by atoms with Gasteiger partial charge in [-0.05, 0) is 169 Å². The Hall–Kier alpha value is -7.58. The molecular formula is C62H81ClN14O5. The minimum atomic E-state index is -0.0262. The highest BCUT2D eigenvalue weighted by molar-refractivity contribution is 6.16. The van der Waals surface area contributed by atoms with E-state index in [9.17, 15) is 19.5 Å². The average molecular weight is 1140 g/mol. The number of hydrogen-bond donors (Lipinski definition) is 4. The fourth-order valence-corrected chi connectivity index (χ4v) is 10.7. The fourth-order valence-electron chi connectivity index (χ4n) is 10.6. The van der Waals surface area contributed by atoms with Gasteiger partial charge in [0.15, 0.2) is 11.6 Å². The highest BCUT2D eigenvalue weighted by Gasteiger charge is 2.27. The van der Waals surface area contributed by atoms with Gasteiger partial charge in [0.05, 0.1) is 30.6 Å². The van der Waals surface area contributed by atoms with Crippen molar-refractivity contribution in [3.63, 3.8) is 0 Å². The molecule has 0 saturated heterocycles. The Morgan fingerprint density at radius 3 is 1.44 bits per heavy atom. The molecular weight excluding hydrogens is 1060 g/mol. The lowest BCUT2D eigenvalue weighted by Gasteiger charge is -2.21. The van der Waals surface area contributed by atoms with Gasteiger partial charge in [-0.1, -0.05) is 131 Å². The minimum Gasteiger partial charge on any atom is -0.506 e. The van der Waals surface area contributed by atoms with E-state index in [1.54, 1.807) is 6.07 Å². The number of aromatic nitrogens is 8. The summed E-state index contributed by atoms with van der Waals surface area (Å²) in [6.07, 6.45) is 11.2. The lowest BCUT2D eigenvalue weighted by molar-refractivity contribution is -0.115. The number of phenolic OH excluding ortho intramolecular Hbond substituents is 1. The van der Waals surface area contributed by atoms with Gasteiger partial charge in [-0.2, -0.15) is 0 Å². The van der Waals surface area contributed by atoms with Gasteiger partial charge < -0.3 is 40.6 Å². The number of phenols is 1. The Bertz CT molecular complexity index is 3120. The van der Waals surface area contributed by atoms with Crippen molar-refractivity contribution in [3.8, 4) is 34.3 Å². The van der Waals surface area contributed by atoms with Crippen molar-refractivity contribution in [2.75, 3.05) is 74.9 Å². The lowest BCUT2D eigenvalue weighted by Crippen LogP contribution is -2.28.